The van der Waals surface area contributed by atoms with Gasteiger partial charge in [0.25, 0.3) is 5.91 Å². The highest BCUT2D eigenvalue weighted by Crippen LogP contribution is 2.14. The van der Waals surface area contributed by atoms with Gasteiger partial charge in [0, 0.05) is 25.7 Å². The summed E-state index contributed by atoms with van der Waals surface area (Å²) in [6.45, 7) is 5.15. The van der Waals surface area contributed by atoms with Crippen molar-refractivity contribution < 1.29 is 14.7 Å². The first kappa shape index (κ1) is 16.6. The Morgan fingerprint density at radius 3 is 2.75 bits per heavy atom. The summed E-state index contributed by atoms with van der Waals surface area (Å²) >= 11 is 5.89. The van der Waals surface area contributed by atoms with E-state index < -0.39 is 5.97 Å². The molecule has 1 amide bonds. The van der Waals surface area contributed by atoms with Crippen molar-refractivity contribution >= 4 is 23.5 Å². The van der Waals surface area contributed by atoms with Gasteiger partial charge in [-0.25, -0.2) is 0 Å². The van der Waals surface area contributed by atoms with Crippen LogP contribution in [0.1, 0.15) is 43.6 Å². The van der Waals surface area contributed by atoms with Crippen molar-refractivity contribution in [3.8, 4) is 0 Å². The Hall–Kier alpha value is -1.49. The molecule has 0 saturated carbocycles. The third-order valence-corrected chi connectivity index (χ3v) is 3.42. The molecule has 5 nitrogen and oxygen atoms in total. The van der Waals surface area contributed by atoms with Crippen LogP contribution in [0.25, 0.3) is 0 Å². The molecule has 0 fully saturated rings. The maximum absolute atomic E-state index is 12.0. The Morgan fingerprint density at radius 1 is 1.45 bits per heavy atom. The quantitative estimate of drug-likeness (QED) is 0.775. The summed E-state index contributed by atoms with van der Waals surface area (Å²) < 4.78 is 1.80. The fourth-order valence-corrected chi connectivity index (χ4v) is 2.18. The van der Waals surface area contributed by atoms with Crippen LogP contribution in [0, 0.1) is 5.92 Å². The maximum atomic E-state index is 12.0. The fourth-order valence-electron chi connectivity index (χ4n) is 1.96. The Morgan fingerprint density at radius 2 is 2.15 bits per heavy atom. The number of carboxylic acid groups (broad SMARTS) is 1. The van der Waals surface area contributed by atoms with E-state index in [1.54, 1.807) is 16.8 Å². The van der Waals surface area contributed by atoms with E-state index in [9.17, 15) is 9.59 Å². The Labute approximate surface area is 123 Å². The van der Waals surface area contributed by atoms with E-state index >= 15 is 0 Å². The van der Waals surface area contributed by atoms with Crippen LogP contribution < -0.4 is 5.32 Å². The molecule has 1 atom stereocenters. The Balaban J connectivity index is 2.38. The number of amides is 1. The van der Waals surface area contributed by atoms with E-state index in [0.717, 1.165) is 6.42 Å². The number of aromatic nitrogens is 1. The molecule has 1 aromatic heterocycles. The van der Waals surface area contributed by atoms with Gasteiger partial charge in [-0.1, -0.05) is 18.5 Å². The lowest BCUT2D eigenvalue weighted by Gasteiger charge is -2.11. The highest BCUT2D eigenvalue weighted by atomic mass is 35.5. The molecule has 0 saturated heterocycles. The van der Waals surface area contributed by atoms with Gasteiger partial charge in [-0.2, -0.15) is 0 Å². The standard InChI is InChI=1S/C14H21ClN2O3/c1-3-17-9-11(15)8-12(17)14(20)16-7-6-10(2)4-5-13(18)19/h8-10H,3-7H2,1-2H3,(H,16,20)(H,18,19). The first-order valence-corrected chi connectivity index (χ1v) is 7.17. The smallest absolute Gasteiger partial charge is 0.303 e. The van der Waals surface area contributed by atoms with Crippen molar-refractivity contribution in [3.63, 3.8) is 0 Å². The average Bonchev–Trinajstić information content (AvgIpc) is 2.77. The molecule has 20 heavy (non-hydrogen) atoms. The SMILES string of the molecule is CCn1cc(Cl)cc1C(=O)NCCC(C)CCC(=O)O. The van der Waals surface area contributed by atoms with E-state index in [2.05, 4.69) is 5.32 Å². The zero-order chi connectivity index (χ0) is 15.1. The summed E-state index contributed by atoms with van der Waals surface area (Å²) in [5, 5.41) is 12.0. The lowest BCUT2D eigenvalue weighted by Crippen LogP contribution is -2.27. The number of hydrogen-bond donors (Lipinski definition) is 2. The van der Waals surface area contributed by atoms with Crippen LogP contribution >= 0.6 is 11.6 Å². The van der Waals surface area contributed by atoms with Crippen LogP contribution in [-0.4, -0.2) is 28.1 Å². The van der Waals surface area contributed by atoms with Crippen molar-refractivity contribution in [2.24, 2.45) is 5.92 Å². The molecule has 0 aliphatic rings. The second-order valence-electron chi connectivity index (χ2n) is 4.91. The minimum atomic E-state index is -0.781. The Kier molecular flexibility index (Phi) is 6.58. The highest BCUT2D eigenvalue weighted by molar-refractivity contribution is 6.31. The molecule has 1 rings (SSSR count). The zero-order valence-electron chi connectivity index (χ0n) is 11.9. The zero-order valence-corrected chi connectivity index (χ0v) is 12.6. The number of hydrogen-bond acceptors (Lipinski definition) is 2. The van der Waals surface area contributed by atoms with Crippen LogP contribution in [0.15, 0.2) is 12.3 Å². The predicted molar refractivity (Wildman–Crippen MR) is 78.1 cm³/mol. The summed E-state index contributed by atoms with van der Waals surface area (Å²) in [5.41, 5.74) is 0.552. The normalized spacial score (nSPS) is 12.2. The molecule has 112 valence electrons. The number of carbonyl (C=O) groups is 2. The fraction of sp³-hybridized carbons (Fsp3) is 0.571. The van der Waals surface area contributed by atoms with Crippen LogP contribution in [0.4, 0.5) is 0 Å². The van der Waals surface area contributed by atoms with Crippen molar-refractivity contribution in [3.05, 3.63) is 23.0 Å². The van der Waals surface area contributed by atoms with Gasteiger partial charge < -0.3 is 15.0 Å². The lowest BCUT2D eigenvalue weighted by molar-refractivity contribution is -0.137. The average molecular weight is 301 g/mol. The molecule has 0 aromatic carbocycles. The summed E-state index contributed by atoms with van der Waals surface area (Å²) in [6.07, 6.45) is 3.29. The first-order chi connectivity index (χ1) is 9.43. The molecule has 0 radical (unpaired) electrons. The van der Waals surface area contributed by atoms with Crippen molar-refractivity contribution in [1.82, 2.24) is 9.88 Å². The third-order valence-electron chi connectivity index (χ3n) is 3.21. The minimum absolute atomic E-state index is 0.149. The number of rotatable bonds is 8. The number of aliphatic carboxylic acids is 1. The largest absolute Gasteiger partial charge is 0.481 e. The van der Waals surface area contributed by atoms with Crippen molar-refractivity contribution in [1.29, 1.82) is 0 Å². The molecular weight excluding hydrogens is 280 g/mol. The maximum Gasteiger partial charge on any atom is 0.303 e. The third kappa shape index (κ3) is 5.25. The first-order valence-electron chi connectivity index (χ1n) is 6.79. The lowest BCUT2D eigenvalue weighted by atomic mass is 10.0. The number of nitrogens with one attached hydrogen (secondary N) is 1. The second-order valence-corrected chi connectivity index (χ2v) is 5.35. The Bertz CT molecular complexity index is 471. The summed E-state index contributed by atoms with van der Waals surface area (Å²) in [4.78, 5) is 22.5. The van der Waals surface area contributed by atoms with Gasteiger partial charge in [0.05, 0.1) is 5.02 Å². The number of carboxylic acids is 1. The van der Waals surface area contributed by atoms with Crippen molar-refractivity contribution in [2.75, 3.05) is 6.54 Å². The highest BCUT2D eigenvalue weighted by Gasteiger charge is 2.12. The number of carbonyl (C=O) groups excluding carboxylic acids is 1. The van der Waals surface area contributed by atoms with Gasteiger partial charge in [-0.15, -0.1) is 0 Å². The molecular formula is C14H21ClN2O3. The van der Waals surface area contributed by atoms with E-state index in [4.69, 9.17) is 16.7 Å². The van der Waals surface area contributed by atoms with Crippen LogP contribution in [-0.2, 0) is 11.3 Å². The van der Waals surface area contributed by atoms with Crippen LogP contribution in [0.2, 0.25) is 5.02 Å². The summed E-state index contributed by atoms with van der Waals surface area (Å²) in [5.74, 6) is -0.659. The molecule has 1 aromatic rings. The molecule has 6 heteroatoms. The molecule has 0 bridgehead atoms. The topological polar surface area (TPSA) is 71.3 Å². The van der Waals surface area contributed by atoms with Gasteiger partial charge in [-0.3, -0.25) is 9.59 Å². The second kappa shape index (κ2) is 7.94. The van der Waals surface area contributed by atoms with E-state index in [1.165, 1.54) is 0 Å². The van der Waals surface area contributed by atoms with Crippen LogP contribution in [0.5, 0.6) is 0 Å². The van der Waals surface area contributed by atoms with Gasteiger partial charge in [0.2, 0.25) is 0 Å². The van der Waals surface area contributed by atoms with Gasteiger partial charge in [0.15, 0.2) is 0 Å². The molecule has 2 N–H and O–H groups in total. The van der Waals surface area contributed by atoms with Crippen molar-refractivity contribution in [2.45, 2.75) is 39.7 Å². The van der Waals surface area contributed by atoms with Gasteiger partial charge >= 0.3 is 5.97 Å². The molecule has 0 spiro atoms. The van der Waals surface area contributed by atoms with Crippen LogP contribution in [0.3, 0.4) is 0 Å². The molecule has 0 aliphatic heterocycles. The number of nitrogens with zero attached hydrogens (tertiary/aromatic N) is 1. The summed E-state index contributed by atoms with van der Waals surface area (Å²) in [7, 11) is 0. The predicted octanol–water partition coefficient (Wildman–Crippen LogP) is 2.78. The number of halogens is 1. The molecule has 0 aliphatic carbocycles. The van der Waals surface area contributed by atoms with Gasteiger partial charge in [0.1, 0.15) is 5.69 Å². The molecule has 1 heterocycles. The molecule has 1 unspecified atom stereocenters. The summed E-state index contributed by atoms with van der Waals surface area (Å²) in [6, 6.07) is 1.65. The monoisotopic (exact) mass is 300 g/mol. The minimum Gasteiger partial charge on any atom is -0.481 e. The van der Waals surface area contributed by atoms with E-state index in [-0.39, 0.29) is 18.2 Å². The van der Waals surface area contributed by atoms with Gasteiger partial charge in [-0.05, 0) is 31.7 Å². The number of aryl methyl sites for hydroxylation is 1. The van der Waals surface area contributed by atoms with E-state index in [1.807, 2.05) is 13.8 Å². The van der Waals surface area contributed by atoms with E-state index in [0.29, 0.717) is 30.2 Å².